The van der Waals surface area contributed by atoms with Crippen LogP contribution in [0, 0.1) is 11.3 Å². The lowest BCUT2D eigenvalue weighted by Gasteiger charge is -2.37. The van der Waals surface area contributed by atoms with Gasteiger partial charge in [-0.3, -0.25) is 4.79 Å². The SMILES string of the molecule is CC(C)(C)c1ccc(OCC(=O)NC2CCC(C(C)(C)C)CC2)cc1. The Kier molecular flexibility index (Phi) is 6.18. The summed E-state index contributed by atoms with van der Waals surface area (Å²) in [6, 6.07) is 8.34. The molecule has 0 spiro atoms. The fourth-order valence-corrected chi connectivity index (χ4v) is 3.57. The van der Waals surface area contributed by atoms with Gasteiger partial charge in [-0.2, -0.15) is 0 Å². The molecule has 1 N–H and O–H groups in total. The minimum absolute atomic E-state index is 0.0147. The van der Waals surface area contributed by atoms with Crippen LogP contribution in [0.5, 0.6) is 5.75 Å². The molecule has 0 radical (unpaired) electrons. The number of carbonyl (C=O) groups is 1. The summed E-state index contributed by atoms with van der Waals surface area (Å²) >= 11 is 0. The monoisotopic (exact) mass is 345 g/mol. The second-order valence-corrected chi connectivity index (χ2v) is 9.55. The molecule has 2 rings (SSSR count). The van der Waals surface area contributed by atoms with Gasteiger partial charge < -0.3 is 10.1 Å². The first-order valence-electron chi connectivity index (χ1n) is 9.58. The van der Waals surface area contributed by atoms with Crippen LogP contribution in [0.25, 0.3) is 0 Å². The molecule has 1 aromatic rings. The number of hydrogen-bond donors (Lipinski definition) is 1. The number of rotatable bonds is 4. The first-order valence-corrected chi connectivity index (χ1v) is 9.58. The number of ether oxygens (including phenoxy) is 1. The van der Waals surface area contributed by atoms with Crippen molar-refractivity contribution in [3.63, 3.8) is 0 Å². The third-order valence-electron chi connectivity index (χ3n) is 5.41. The minimum Gasteiger partial charge on any atom is -0.484 e. The zero-order valence-corrected chi connectivity index (χ0v) is 16.8. The van der Waals surface area contributed by atoms with E-state index in [4.69, 9.17) is 4.74 Å². The lowest BCUT2D eigenvalue weighted by molar-refractivity contribution is -0.124. The molecule has 1 aliphatic carbocycles. The van der Waals surface area contributed by atoms with Crippen LogP contribution < -0.4 is 10.1 Å². The third-order valence-corrected chi connectivity index (χ3v) is 5.41. The maximum Gasteiger partial charge on any atom is 0.258 e. The average Bonchev–Trinajstić information content (AvgIpc) is 2.52. The number of nitrogens with one attached hydrogen (secondary N) is 1. The van der Waals surface area contributed by atoms with Crippen LogP contribution in [0.3, 0.4) is 0 Å². The van der Waals surface area contributed by atoms with Gasteiger partial charge in [-0.1, -0.05) is 53.7 Å². The lowest BCUT2D eigenvalue weighted by atomic mass is 9.71. The summed E-state index contributed by atoms with van der Waals surface area (Å²) < 4.78 is 5.64. The van der Waals surface area contributed by atoms with Crippen LogP contribution >= 0.6 is 0 Å². The van der Waals surface area contributed by atoms with E-state index < -0.39 is 0 Å². The van der Waals surface area contributed by atoms with E-state index in [1.54, 1.807) is 0 Å². The molecule has 3 nitrogen and oxygen atoms in total. The topological polar surface area (TPSA) is 38.3 Å². The van der Waals surface area contributed by atoms with Crippen molar-refractivity contribution in [1.29, 1.82) is 0 Å². The molecule has 3 heteroatoms. The highest BCUT2D eigenvalue weighted by atomic mass is 16.5. The fraction of sp³-hybridized carbons (Fsp3) is 0.682. The molecule has 25 heavy (non-hydrogen) atoms. The standard InChI is InChI=1S/C22H35NO2/c1-21(2,3)16-7-11-18(12-8-16)23-20(24)15-25-19-13-9-17(10-14-19)22(4,5)6/h9-10,13-14,16,18H,7-8,11-12,15H2,1-6H3,(H,23,24). The van der Waals surface area contributed by atoms with Crippen LogP contribution in [-0.2, 0) is 10.2 Å². The molecule has 1 aromatic carbocycles. The molecule has 0 saturated heterocycles. The molecule has 1 fully saturated rings. The number of carbonyl (C=O) groups excluding carboxylic acids is 1. The Morgan fingerprint density at radius 1 is 1.00 bits per heavy atom. The van der Waals surface area contributed by atoms with Gasteiger partial charge in [0.2, 0.25) is 0 Å². The van der Waals surface area contributed by atoms with E-state index in [0.29, 0.717) is 11.5 Å². The molecule has 1 amide bonds. The van der Waals surface area contributed by atoms with Gasteiger partial charge in [-0.15, -0.1) is 0 Å². The highest BCUT2D eigenvalue weighted by molar-refractivity contribution is 5.77. The molecule has 0 bridgehead atoms. The third kappa shape index (κ3) is 6.05. The van der Waals surface area contributed by atoms with E-state index in [9.17, 15) is 4.79 Å². The minimum atomic E-state index is -0.0147. The summed E-state index contributed by atoms with van der Waals surface area (Å²) in [5, 5.41) is 3.13. The summed E-state index contributed by atoms with van der Waals surface area (Å²) in [6.45, 7) is 13.6. The molecule has 0 unspecified atom stereocenters. The molecular formula is C22H35NO2. The first kappa shape index (κ1) is 19.8. The highest BCUT2D eigenvalue weighted by Crippen LogP contribution is 2.37. The van der Waals surface area contributed by atoms with E-state index >= 15 is 0 Å². The fourth-order valence-electron chi connectivity index (χ4n) is 3.57. The van der Waals surface area contributed by atoms with Gasteiger partial charge in [-0.05, 0) is 60.1 Å². The van der Waals surface area contributed by atoms with Crippen molar-refractivity contribution in [1.82, 2.24) is 5.32 Å². The van der Waals surface area contributed by atoms with Crippen molar-refractivity contribution in [2.24, 2.45) is 11.3 Å². The van der Waals surface area contributed by atoms with Gasteiger partial charge in [0, 0.05) is 6.04 Å². The normalized spacial score (nSPS) is 21.7. The van der Waals surface area contributed by atoms with Crippen molar-refractivity contribution in [3.05, 3.63) is 29.8 Å². The van der Waals surface area contributed by atoms with E-state index in [-0.39, 0.29) is 17.9 Å². The second-order valence-electron chi connectivity index (χ2n) is 9.55. The Bertz CT molecular complexity index is 555. The molecule has 0 aliphatic heterocycles. The Balaban J connectivity index is 1.74. The van der Waals surface area contributed by atoms with Crippen molar-refractivity contribution in [3.8, 4) is 5.75 Å². The zero-order chi connectivity index (χ0) is 18.7. The number of amides is 1. The maximum absolute atomic E-state index is 12.2. The smallest absolute Gasteiger partial charge is 0.258 e. The second kappa shape index (κ2) is 7.80. The first-order chi connectivity index (χ1) is 11.6. The molecule has 0 heterocycles. The van der Waals surface area contributed by atoms with Gasteiger partial charge in [0.15, 0.2) is 6.61 Å². The van der Waals surface area contributed by atoms with Crippen molar-refractivity contribution in [2.75, 3.05) is 6.61 Å². The Hall–Kier alpha value is -1.51. The number of benzene rings is 1. The van der Waals surface area contributed by atoms with Crippen LogP contribution in [0.4, 0.5) is 0 Å². The van der Waals surface area contributed by atoms with Crippen molar-refractivity contribution in [2.45, 2.75) is 78.7 Å². The van der Waals surface area contributed by atoms with Gasteiger partial charge in [0.05, 0.1) is 0 Å². The largest absolute Gasteiger partial charge is 0.484 e. The highest BCUT2D eigenvalue weighted by Gasteiger charge is 2.30. The molecule has 1 aliphatic rings. The Morgan fingerprint density at radius 3 is 2.04 bits per heavy atom. The van der Waals surface area contributed by atoms with Gasteiger partial charge in [0.25, 0.3) is 5.91 Å². The molecule has 0 atom stereocenters. The number of hydrogen-bond acceptors (Lipinski definition) is 2. The van der Waals surface area contributed by atoms with Crippen LogP contribution in [-0.4, -0.2) is 18.6 Å². The predicted octanol–water partition coefficient (Wildman–Crippen LogP) is 5.08. The predicted molar refractivity (Wildman–Crippen MR) is 104 cm³/mol. The van der Waals surface area contributed by atoms with E-state index in [1.165, 1.54) is 18.4 Å². The molecule has 1 saturated carbocycles. The van der Waals surface area contributed by atoms with E-state index in [1.807, 2.05) is 12.1 Å². The molecular weight excluding hydrogens is 310 g/mol. The zero-order valence-electron chi connectivity index (χ0n) is 16.8. The van der Waals surface area contributed by atoms with Gasteiger partial charge in [0.1, 0.15) is 5.75 Å². The summed E-state index contributed by atoms with van der Waals surface area (Å²) in [4.78, 5) is 12.2. The Morgan fingerprint density at radius 2 is 1.56 bits per heavy atom. The summed E-state index contributed by atoms with van der Waals surface area (Å²) in [7, 11) is 0. The van der Waals surface area contributed by atoms with Crippen LogP contribution in [0.1, 0.15) is 72.8 Å². The average molecular weight is 346 g/mol. The van der Waals surface area contributed by atoms with Crippen molar-refractivity contribution < 1.29 is 9.53 Å². The van der Waals surface area contributed by atoms with Crippen molar-refractivity contribution >= 4 is 5.91 Å². The molecule has 140 valence electrons. The van der Waals surface area contributed by atoms with E-state index in [2.05, 4.69) is 59.0 Å². The Labute approximate surface area is 153 Å². The quantitative estimate of drug-likeness (QED) is 0.826. The maximum atomic E-state index is 12.2. The molecule has 0 aromatic heterocycles. The van der Waals surface area contributed by atoms with Crippen LogP contribution in [0.15, 0.2) is 24.3 Å². The lowest BCUT2D eigenvalue weighted by Crippen LogP contribution is -2.41. The van der Waals surface area contributed by atoms with E-state index in [0.717, 1.165) is 24.5 Å². The van der Waals surface area contributed by atoms with Gasteiger partial charge in [-0.25, -0.2) is 0 Å². The summed E-state index contributed by atoms with van der Waals surface area (Å²) in [5.41, 5.74) is 1.76. The van der Waals surface area contributed by atoms with Gasteiger partial charge >= 0.3 is 0 Å². The summed E-state index contributed by atoms with van der Waals surface area (Å²) in [5.74, 6) is 1.50. The van der Waals surface area contributed by atoms with Crippen LogP contribution in [0.2, 0.25) is 0 Å². The summed E-state index contributed by atoms with van der Waals surface area (Å²) in [6.07, 6.45) is 4.55.